The highest BCUT2D eigenvalue weighted by atomic mass is 35.5. The van der Waals surface area contributed by atoms with Gasteiger partial charge in [0.2, 0.25) is 0 Å². The van der Waals surface area contributed by atoms with Crippen LogP contribution in [0.5, 0.6) is 0 Å². The summed E-state index contributed by atoms with van der Waals surface area (Å²) < 4.78 is 0. The lowest BCUT2D eigenvalue weighted by Gasteiger charge is -2.11. The van der Waals surface area contributed by atoms with E-state index in [0.29, 0.717) is 5.02 Å². The lowest BCUT2D eigenvalue weighted by molar-refractivity contribution is 0.872. The molecule has 0 N–H and O–H groups in total. The van der Waals surface area contributed by atoms with E-state index < -0.39 is 0 Å². The highest BCUT2D eigenvalue weighted by Gasteiger charge is 2.09. The molecule has 0 aliphatic rings. The number of hydrogen-bond donors (Lipinski definition) is 0. The predicted octanol–water partition coefficient (Wildman–Crippen LogP) is 4.54. The van der Waals surface area contributed by atoms with Crippen molar-refractivity contribution in [3.05, 3.63) is 63.9 Å². The second-order valence-corrected chi connectivity index (χ2v) is 4.55. The van der Waals surface area contributed by atoms with Crippen molar-refractivity contribution in [3.63, 3.8) is 0 Å². The summed E-state index contributed by atoms with van der Waals surface area (Å²) in [5.74, 6) is 0.245. The van der Waals surface area contributed by atoms with Crippen molar-refractivity contribution in [2.24, 2.45) is 0 Å². The van der Waals surface area contributed by atoms with Crippen molar-refractivity contribution in [3.8, 4) is 0 Å². The first-order valence-corrected chi connectivity index (χ1v) is 5.79. The number of pyridine rings is 1. The molecule has 0 amide bonds. The fourth-order valence-corrected chi connectivity index (χ4v) is 1.80. The molecule has 1 unspecified atom stereocenters. The highest BCUT2D eigenvalue weighted by Crippen LogP contribution is 2.24. The Morgan fingerprint density at radius 2 is 1.56 bits per heavy atom. The van der Waals surface area contributed by atoms with Gasteiger partial charge in [-0.2, -0.15) is 0 Å². The molecular weight excluding hydrogens is 241 g/mol. The molecule has 3 heteroatoms. The van der Waals surface area contributed by atoms with Crippen LogP contribution < -0.4 is 0 Å². The molecule has 1 aromatic carbocycles. The van der Waals surface area contributed by atoms with Crippen LogP contribution in [0.4, 0.5) is 0 Å². The Hall–Kier alpha value is -1.05. The number of rotatable bonds is 2. The van der Waals surface area contributed by atoms with Crippen LogP contribution in [0.2, 0.25) is 10.0 Å². The summed E-state index contributed by atoms with van der Waals surface area (Å²) in [6.07, 6.45) is 1.67. The van der Waals surface area contributed by atoms with Gasteiger partial charge in [0, 0.05) is 22.8 Å². The molecule has 0 spiro atoms. The minimum Gasteiger partial charge on any atom is -0.259 e. The van der Waals surface area contributed by atoms with Crippen LogP contribution in [0.3, 0.4) is 0 Å². The average molecular weight is 252 g/mol. The molecule has 1 aromatic heterocycles. The van der Waals surface area contributed by atoms with E-state index in [0.717, 1.165) is 10.7 Å². The van der Waals surface area contributed by atoms with Gasteiger partial charge in [0.25, 0.3) is 0 Å². The standard InChI is InChI=1S/C13H11Cl2N/c1-9(10-2-4-11(14)5-3-10)13-7-6-12(15)8-16-13/h2-9H,1H3. The first-order valence-electron chi connectivity index (χ1n) is 5.04. The third-order valence-electron chi connectivity index (χ3n) is 2.56. The van der Waals surface area contributed by atoms with Crippen molar-refractivity contribution in [2.45, 2.75) is 12.8 Å². The Kier molecular flexibility index (Phi) is 3.47. The van der Waals surface area contributed by atoms with Gasteiger partial charge in [0.1, 0.15) is 0 Å². The van der Waals surface area contributed by atoms with Gasteiger partial charge >= 0.3 is 0 Å². The van der Waals surface area contributed by atoms with Crippen molar-refractivity contribution in [1.29, 1.82) is 0 Å². The summed E-state index contributed by atoms with van der Waals surface area (Å²) in [5.41, 5.74) is 2.20. The lowest BCUT2D eigenvalue weighted by Crippen LogP contribution is -1.98. The zero-order valence-corrected chi connectivity index (χ0v) is 10.3. The third-order valence-corrected chi connectivity index (χ3v) is 3.04. The van der Waals surface area contributed by atoms with E-state index in [2.05, 4.69) is 11.9 Å². The zero-order chi connectivity index (χ0) is 11.5. The second kappa shape index (κ2) is 4.86. The van der Waals surface area contributed by atoms with Gasteiger partial charge in [-0.1, -0.05) is 42.3 Å². The maximum Gasteiger partial charge on any atom is 0.0589 e. The largest absolute Gasteiger partial charge is 0.259 e. The van der Waals surface area contributed by atoms with Gasteiger partial charge in [-0.25, -0.2) is 0 Å². The molecule has 0 fully saturated rings. The topological polar surface area (TPSA) is 12.9 Å². The summed E-state index contributed by atoms with van der Waals surface area (Å²) >= 11 is 11.7. The van der Waals surface area contributed by atoms with Crippen molar-refractivity contribution in [1.82, 2.24) is 4.98 Å². The van der Waals surface area contributed by atoms with Crippen LogP contribution in [0, 0.1) is 0 Å². The van der Waals surface area contributed by atoms with Gasteiger partial charge in [-0.05, 0) is 29.8 Å². The number of halogens is 2. The van der Waals surface area contributed by atoms with Gasteiger partial charge < -0.3 is 0 Å². The average Bonchev–Trinajstić information content (AvgIpc) is 2.30. The predicted molar refractivity (Wildman–Crippen MR) is 68.2 cm³/mol. The van der Waals surface area contributed by atoms with Gasteiger partial charge in [-0.15, -0.1) is 0 Å². The fraction of sp³-hybridized carbons (Fsp3) is 0.154. The molecule has 0 bridgehead atoms. The van der Waals surface area contributed by atoms with Crippen LogP contribution in [0.15, 0.2) is 42.6 Å². The van der Waals surface area contributed by atoms with Gasteiger partial charge in [-0.3, -0.25) is 4.98 Å². The quantitative estimate of drug-likeness (QED) is 0.764. The van der Waals surface area contributed by atoms with E-state index in [1.54, 1.807) is 6.20 Å². The second-order valence-electron chi connectivity index (χ2n) is 3.67. The maximum atomic E-state index is 5.85. The molecule has 82 valence electrons. The molecule has 2 aromatic rings. The molecular formula is C13H11Cl2N. The van der Waals surface area contributed by atoms with E-state index in [-0.39, 0.29) is 5.92 Å². The Labute approximate surface area is 105 Å². The monoisotopic (exact) mass is 251 g/mol. The molecule has 0 aliphatic carbocycles. The Morgan fingerprint density at radius 1 is 0.938 bits per heavy atom. The first-order chi connectivity index (χ1) is 7.66. The third kappa shape index (κ3) is 2.55. The number of aromatic nitrogens is 1. The summed E-state index contributed by atoms with van der Waals surface area (Å²) in [4.78, 5) is 4.31. The number of nitrogens with zero attached hydrogens (tertiary/aromatic N) is 1. The minimum atomic E-state index is 0.245. The summed E-state index contributed by atoms with van der Waals surface area (Å²) in [5, 5.41) is 1.41. The zero-order valence-electron chi connectivity index (χ0n) is 8.82. The molecule has 1 heterocycles. The summed E-state index contributed by atoms with van der Waals surface area (Å²) in [7, 11) is 0. The summed E-state index contributed by atoms with van der Waals surface area (Å²) in [6.45, 7) is 2.11. The molecule has 1 atom stereocenters. The molecule has 0 saturated carbocycles. The number of hydrogen-bond acceptors (Lipinski definition) is 1. The Morgan fingerprint density at radius 3 is 2.12 bits per heavy atom. The van der Waals surface area contributed by atoms with Crippen LogP contribution in [-0.2, 0) is 0 Å². The molecule has 0 radical (unpaired) electrons. The Balaban J connectivity index is 2.28. The normalized spacial score (nSPS) is 12.4. The SMILES string of the molecule is CC(c1ccc(Cl)cc1)c1ccc(Cl)cn1. The highest BCUT2D eigenvalue weighted by molar-refractivity contribution is 6.30. The maximum absolute atomic E-state index is 5.85. The smallest absolute Gasteiger partial charge is 0.0589 e. The van der Waals surface area contributed by atoms with Crippen molar-refractivity contribution >= 4 is 23.2 Å². The van der Waals surface area contributed by atoms with Crippen molar-refractivity contribution < 1.29 is 0 Å². The lowest BCUT2D eigenvalue weighted by atomic mass is 9.97. The van der Waals surface area contributed by atoms with Crippen molar-refractivity contribution in [2.75, 3.05) is 0 Å². The van der Waals surface area contributed by atoms with Crippen LogP contribution in [-0.4, -0.2) is 4.98 Å². The van der Waals surface area contributed by atoms with Gasteiger partial charge in [0.05, 0.1) is 5.02 Å². The molecule has 16 heavy (non-hydrogen) atoms. The molecule has 0 aliphatic heterocycles. The van der Waals surface area contributed by atoms with E-state index in [1.165, 1.54) is 5.56 Å². The number of benzene rings is 1. The first kappa shape index (κ1) is 11.4. The molecule has 2 rings (SSSR count). The Bertz CT molecular complexity index is 417. The minimum absolute atomic E-state index is 0.245. The van der Waals surface area contributed by atoms with E-state index >= 15 is 0 Å². The van der Waals surface area contributed by atoms with Crippen LogP contribution >= 0.6 is 23.2 Å². The van der Waals surface area contributed by atoms with Crippen LogP contribution in [0.25, 0.3) is 0 Å². The molecule has 0 saturated heterocycles. The van der Waals surface area contributed by atoms with Crippen LogP contribution in [0.1, 0.15) is 24.1 Å². The van der Waals surface area contributed by atoms with Gasteiger partial charge in [0.15, 0.2) is 0 Å². The fourth-order valence-electron chi connectivity index (χ4n) is 1.57. The van der Waals surface area contributed by atoms with E-state index in [1.807, 2.05) is 36.4 Å². The molecule has 1 nitrogen and oxygen atoms in total. The summed E-state index contributed by atoms with van der Waals surface area (Å²) in [6, 6.07) is 11.6. The van der Waals surface area contributed by atoms with E-state index in [9.17, 15) is 0 Å². The van der Waals surface area contributed by atoms with E-state index in [4.69, 9.17) is 23.2 Å².